The number of amides is 1. The van der Waals surface area contributed by atoms with Gasteiger partial charge in [0.05, 0.1) is 6.04 Å². The molecule has 0 fully saturated rings. The number of rotatable bonds is 5. The summed E-state index contributed by atoms with van der Waals surface area (Å²) < 4.78 is 4.89. The van der Waals surface area contributed by atoms with E-state index in [1.807, 2.05) is 60.7 Å². The van der Waals surface area contributed by atoms with Crippen LogP contribution in [0.4, 0.5) is 4.79 Å². The summed E-state index contributed by atoms with van der Waals surface area (Å²) in [5.74, 6) is 2.28. The molecule has 0 unspecified atom stereocenters. The first kappa shape index (κ1) is 14.7. The highest BCUT2D eigenvalue weighted by Crippen LogP contribution is 2.18. The van der Waals surface area contributed by atoms with Gasteiger partial charge in [0.25, 0.3) is 0 Å². The smallest absolute Gasteiger partial charge is 0.408 e. The maximum atomic E-state index is 11.7. The van der Waals surface area contributed by atoms with Crippen molar-refractivity contribution in [3.05, 3.63) is 71.8 Å². The first-order valence-electron chi connectivity index (χ1n) is 6.75. The monoisotopic (exact) mass is 279 g/mol. The van der Waals surface area contributed by atoms with Crippen LogP contribution < -0.4 is 5.32 Å². The predicted octanol–water partition coefficient (Wildman–Crippen LogP) is 3.33. The largest absolute Gasteiger partial charge is 0.436 e. The highest BCUT2D eigenvalue weighted by Gasteiger charge is 2.15. The Bertz CT molecular complexity index is 602. The van der Waals surface area contributed by atoms with Gasteiger partial charge in [-0.1, -0.05) is 66.6 Å². The molecule has 2 rings (SSSR count). The number of carbonyl (C=O) groups excluding carboxylic acids is 1. The van der Waals surface area contributed by atoms with Crippen molar-refractivity contribution < 1.29 is 9.53 Å². The standard InChI is InChI=1S/C18H17NO2/c1-2-13-21-18(20)19-17(16-11-7-4-8-12-16)14-15-9-5-3-6-10-15/h1,3-12,17H,13-14H2,(H,19,20)/t17-/m0/s1. The van der Waals surface area contributed by atoms with Crippen molar-refractivity contribution >= 4 is 6.09 Å². The molecule has 0 heterocycles. The molecule has 2 aromatic rings. The Morgan fingerprint density at radius 2 is 1.71 bits per heavy atom. The highest BCUT2D eigenvalue weighted by molar-refractivity contribution is 5.68. The van der Waals surface area contributed by atoms with Crippen LogP contribution >= 0.6 is 0 Å². The van der Waals surface area contributed by atoms with Crippen molar-refractivity contribution in [1.29, 1.82) is 0 Å². The minimum absolute atomic E-state index is 0.0291. The summed E-state index contributed by atoms with van der Waals surface area (Å²) in [6, 6.07) is 19.6. The predicted molar refractivity (Wildman–Crippen MR) is 82.6 cm³/mol. The average molecular weight is 279 g/mol. The molecule has 0 spiro atoms. The number of ether oxygens (including phenoxy) is 1. The quantitative estimate of drug-likeness (QED) is 0.853. The summed E-state index contributed by atoms with van der Waals surface area (Å²) >= 11 is 0. The van der Waals surface area contributed by atoms with E-state index in [0.29, 0.717) is 6.42 Å². The molecule has 1 amide bonds. The third-order valence-electron chi connectivity index (χ3n) is 3.06. The molecule has 0 aliphatic rings. The maximum absolute atomic E-state index is 11.7. The molecule has 0 bridgehead atoms. The molecule has 0 aromatic heterocycles. The van der Waals surface area contributed by atoms with E-state index < -0.39 is 6.09 Å². The minimum Gasteiger partial charge on any atom is -0.436 e. The van der Waals surface area contributed by atoms with Crippen LogP contribution in [0.5, 0.6) is 0 Å². The van der Waals surface area contributed by atoms with Crippen LogP contribution in [0.1, 0.15) is 17.2 Å². The number of terminal acetylenes is 1. The van der Waals surface area contributed by atoms with Gasteiger partial charge in [0, 0.05) is 0 Å². The molecular formula is C18H17NO2. The SMILES string of the molecule is C#CCOC(=O)N[C@@H](Cc1ccccc1)c1ccccc1. The van der Waals surface area contributed by atoms with Gasteiger partial charge in [-0.25, -0.2) is 4.79 Å². The fourth-order valence-corrected chi connectivity index (χ4v) is 2.08. The van der Waals surface area contributed by atoms with Crippen molar-refractivity contribution in [2.24, 2.45) is 0 Å². The van der Waals surface area contributed by atoms with Gasteiger partial charge in [0.2, 0.25) is 0 Å². The van der Waals surface area contributed by atoms with Crippen molar-refractivity contribution in [3.63, 3.8) is 0 Å². The Hall–Kier alpha value is -2.73. The van der Waals surface area contributed by atoms with E-state index in [1.165, 1.54) is 0 Å². The average Bonchev–Trinajstić information content (AvgIpc) is 2.54. The Morgan fingerprint density at radius 1 is 1.10 bits per heavy atom. The van der Waals surface area contributed by atoms with E-state index in [9.17, 15) is 4.79 Å². The lowest BCUT2D eigenvalue weighted by atomic mass is 9.99. The molecule has 0 aliphatic carbocycles. The van der Waals surface area contributed by atoms with Gasteiger partial charge in [-0.05, 0) is 17.5 Å². The fraction of sp³-hybridized carbons (Fsp3) is 0.167. The molecule has 1 atom stereocenters. The number of benzene rings is 2. The molecular weight excluding hydrogens is 262 g/mol. The first-order valence-corrected chi connectivity index (χ1v) is 6.75. The maximum Gasteiger partial charge on any atom is 0.408 e. The normalized spacial score (nSPS) is 11.2. The Morgan fingerprint density at radius 3 is 2.33 bits per heavy atom. The molecule has 3 nitrogen and oxygen atoms in total. The van der Waals surface area contributed by atoms with Gasteiger partial charge in [0.1, 0.15) is 0 Å². The van der Waals surface area contributed by atoms with Gasteiger partial charge >= 0.3 is 6.09 Å². The van der Waals surface area contributed by atoms with E-state index in [0.717, 1.165) is 11.1 Å². The lowest BCUT2D eigenvalue weighted by Crippen LogP contribution is -2.30. The molecule has 0 radical (unpaired) electrons. The molecule has 0 saturated heterocycles. The highest BCUT2D eigenvalue weighted by atomic mass is 16.5. The summed E-state index contributed by atoms with van der Waals surface area (Å²) in [5, 5.41) is 2.86. The number of hydrogen-bond acceptors (Lipinski definition) is 2. The van der Waals surface area contributed by atoms with Crippen LogP contribution in [-0.2, 0) is 11.2 Å². The van der Waals surface area contributed by atoms with E-state index in [-0.39, 0.29) is 12.6 Å². The molecule has 21 heavy (non-hydrogen) atoms. The van der Waals surface area contributed by atoms with Gasteiger partial charge in [0.15, 0.2) is 6.61 Å². The van der Waals surface area contributed by atoms with E-state index in [1.54, 1.807) is 0 Å². The van der Waals surface area contributed by atoms with Crippen LogP contribution in [0.25, 0.3) is 0 Å². The zero-order valence-electron chi connectivity index (χ0n) is 11.7. The van der Waals surface area contributed by atoms with Crippen LogP contribution in [-0.4, -0.2) is 12.7 Å². The Labute approximate surface area is 125 Å². The molecule has 0 aliphatic heterocycles. The van der Waals surface area contributed by atoms with Crippen LogP contribution in [0.15, 0.2) is 60.7 Å². The van der Waals surface area contributed by atoms with Gasteiger partial charge in [-0.15, -0.1) is 6.42 Å². The molecule has 2 aromatic carbocycles. The summed E-state index contributed by atoms with van der Waals surface area (Å²) in [6.07, 6.45) is 5.28. The van der Waals surface area contributed by atoms with Crippen molar-refractivity contribution in [1.82, 2.24) is 5.32 Å². The third-order valence-corrected chi connectivity index (χ3v) is 3.06. The number of alkyl carbamates (subject to hydrolysis) is 1. The lowest BCUT2D eigenvalue weighted by Gasteiger charge is -2.19. The van der Waals surface area contributed by atoms with E-state index >= 15 is 0 Å². The molecule has 106 valence electrons. The number of carbonyl (C=O) groups is 1. The van der Waals surface area contributed by atoms with Crippen molar-refractivity contribution in [3.8, 4) is 12.3 Å². The molecule has 3 heteroatoms. The number of hydrogen-bond donors (Lipinski definition) is 1. The van der Waals surface area contributed by atoms with E-state index in [2.05, 4.69) is 11.2 Å². The van der Waals surface area contributed by atoms with Crippen LogP contribution in [0.3, 0.4) is 0 Å². The van der Waals surface area contributed by atoms with Crippen molar-refractivity contribution in [2.45, 2.75) is 12.5 Å². The van der Waals surface area contributed by atoms with Crippen LogP contribution in [0.2, 0.25) is 0 Å². The third kappa shape index (κ3) is 4.70. The first-order chi connectivity index (χ1) is 10.3. The van der Waals surface area contributed by atoms with E-state index in [4.69, 9.17) is 11.2 Å². The second-order valence-electron chi connectivity index (χ2n) is 4.58. The van der Waals surface area contributed by atoms with Crippen LogP contribution in [0, 0.1) is 12.3 Å². The lowest BCUT2D eigenvalue weighted by molar-refractivity contribution is 0.155. The fourth-order valence-electron chi connectivity index (χ4n) is 2.08. The summed E-state index contributed by atoms with van der Waals surface area (Å²) in [6.45, 7) is -0.0291. The second-order valence-corrected chi connectivity index (χ2v) is 4.58. The summed E-state index contributed by atoms with van der Waals surface area (Å²) in [4.78, 5) is 11.7. The molecule has 0 saturated carbocycles. The minimum atomic E-state index is -0.502. The zero-order chi connectivity index (χ0) is 14.9. The van der Waals surface area contributed by atoms with Gasteiger partial charge in [-0.2, -0.15) is 0 Å². The zero-order valence-corrected chi connectivity index (χ0v) is 11.7. The topological polar surface area (TPSA) is 38.3 Å². The Balaban J connectivity index is 2.11. The summed E-state index contributed by atoms with van der Waals surface area (Å²) in [7, 11) is 0. The Kier molecular flexibility index (Phi) is 5.42. The summed E-state index contributed by atoms with van der Waals surface area (Å²) in [5.41, 5.74) is 2.17. The second kappa shape index (κ2) is 7.76. The van der Waals surface area contributed by atoms with Crippen molar-refractivity contribution in [2.75, 3.05) is 6.61 Å². The van der Waals surface area contributed by atoms with Gasteiger partial charge < -0.3 is 10.1 Å². The van der Waals surface area contributed by atoms with Gasteiger partial charge in [-0.3, -0.25) is 0 Å². The molecule has 1 N–H and O–H groups in total. The number of nitrogens with one attached hydrogen (secondary N) is 1.